The van der Waals surface area contributed by atoms with E-state index in [1.165, 1.54) is 6.26 Å². The number of furan rings is 1. The van der Waals surface area contributed by atoms with Crippen LogP contribution in [0.25, 0.3) is 0 Å². The van der Waals surface area contributed by atoms with Crippen molar-refractivity contribution in [3.63, 3.8) is 0 Å². The SMILES string of the molecule is O=C(Nc1cnn(CC2CCCO2)c1)N1CCN(C(=O)c2ccco2)CC1. The summed E-state index contributed by atoms with van der Waals surface area (Å²) in [6.45, 7) is 3.41. The number of anilines is 1. The second-order valence-electron chi connectivity index (χ2n) is 6.77. The van der Waals surface area contributed by atoms with E-state index in [2.05, 4.69) is 10.4 Å². The van der Waals surface area contributed by atoms with Crippen LogP contribution in [0.15, 0.2) is 35.2 Å². The van der Waals surface area contributed by atoms with E-state index in [9.17, 15) is 9.59 Å². The van der Waals surface area contributed by atoms with Gasteiger partial charge in [0.15, 0.2) is 5.76 Å². The number of nitrogens with zero attached hydrogens (tertiary/aromatic N) is 4. The Morgan fingerprint density at radius 3 is 2.74 bits per heavy atom. The Labute approximate surface area is 156 Å². The van der Waals surface area contributed by atoms with Crippen LogP contribution in [0.2, 0.25) is 0 Å². The standard InChI is InChI=1S/C18H23N5O4/c24-17(16-4-2-10-27-16)21-5-7-22(8-6-21)18(25)20-14-11-19-23(12-14)13-15-3-1-9-26-15/h2,4,10-12,15H,1,3,5-9,13H2,(H,20,25). The van der Waals surface area contributed by atoms with E-state index >= 15 is 0 Å². The number of nitrogens with one attached hydrogen (secondary N) is 1. The van der Waals surface area contributed by atoms with Crippen molar-refractivity contribution in [3.8, 4) is 0 Å². The topological polar surface area (TPSA) is 92.8 Å². The molecule has 0 saturated carbocycles. The lowest BCUT2D eigenvalue weighted by Crippen LogP contribution is -2.51. The molecule has 4 heterocycles. The highest BCUT2D eigenvalue weighted by Crippen LogP contribution is 2.16. The number of piperazine rings is 1. The average molecular weight is 373 g/mol. The number of ether oxygens (including phenoxy) is 1. The minimum atomic E-state index is -0.184. The molecule has 2 aromatic rings. The summed E-state index contributed by atoms with van der Waals surface area (Å²) in [6.07, 6.45) is 7.27. The van der Waals surface area contributed by atoms with Gasteiger partial charge in [-0.15, -0.1) is 0 Å². The molecule has 2 aromatic heterocycles. The smallest absolute Gasteiger partial charge is 0.322 e. The third-order valence-electron chi connectivity index (χ3n) is 4.89. The number of carbonyl (C=O) groups is 2. The summed E-state index contributed by atoms with van der Waals surface area (Å²) in [5, 5.41) is 7.15. The van der Waals surface area contributed by atoms with E-state index in [-0.39, 0.29) is 18.0 Å². The summed E-state index contributed by atoms with van der Waals surface area (Å²) < 4.78 is 12.5. The lowest BCUT2D eigenvalue weighted by Gasteiger charge is -2.34. The second-order valence-corrected chi connectivity index (χ2v) is 6.77. The van der Waals surface area contributed by atoms with Crippen molar-refractivity contribution in [1.82, 2.24) is 19.6 Å². The Kier molecular flexibility index (Phi) is 5.10. The van der Waals surface area contributed by atoms with Crippen molar-refractivity contribution < 1.29 is 18.7 Å². The van der Waals surface area contributed by atoms with Crippen LogP contribution < -0.4 is 5.32 Å². The maximum absolute atomic E-state index is 12.5. The van der Waals surface area contributed by atoms with Gasteiger partial charge in [-0.3, -0.25) is 9.48 Å². The normalized spacial score (nSPS) is 20.1. The van der Waals surface area contributed by atoms with Crippen molar-refractivity contribution in [2.75, 3.05) is 38.1 Å². The average Bonchev–Trinajstić information content (AvgIpc) is 3.45. The first kappa shape index (κ1) is 17.6. The maximum Gasteiger partial charge on any atom is 0.322 e. The quantitative estimate of drug-likeness (QED) is 0.880. The zero-order chi connectivity index (χ0) is 18.6. The molecule has 1 atom stereocenters. The summed E-state index contributed by atoms with van der Waals surface area (Å²) >= 11 is 0. The molecule has 2 saturated heterocycles. The first-order chi connectivity index (χ1) is 13.2. The highest BCUT2D eigenvalue weighted by Gasteiger charge is 2.26. The predicted octanol–water partition coefficient (Wildman–Crippen LogP) is 1.64. The summed E-state index contributed by atoms with van der Waals surface area (Å²) in [5.41, 5.74) is 0.659. The monoisotopic (exact) mass is 373 g/mol. The van der Waals surface area contributed by atoms with Crippen LogP contribution in [0.4, 0.5) is 10.5 Å². The van der Waals surface area contributed by atoms with Gasteiger partial charge < -0.3 is 24.3 Å². The molecule has 0 radical (unpaired) electrons. The van der Waals surface area contributed by atoms with Crippen molar-refractivity contribution in [2.45, 2.75) is 25.5 Å². The molecule has 1 unspecified atom stereocenters. The molecule has 0 spiro atoms. The third-order valence-corrected chi connectivity index (χ3v) is 4.89. The van der Waals surface area contributed by atoms with Crippen molar-refractivity contribution in [2.24, 2.45) is 0 Å². The second kappa shape index (κ2) is 7.83. The fraction of sp³-hybridized carbons (Fsp3) is 0.500. The summed E-state index contributed by atoms with van der Waals surface area (Å²) in [4.78, 5) is 28.1. The molecular weight excluding hydrogens is 350 g/mol. The van der Waals surface area contributed by atoms with Crippen LogP contribution in [0.5, 0.6) is 0 Å². The van der Waals surface area contributed by atoms with Gasteiger partial charge in [-0.25, -0.2) is 4.79 Å². The lowest BCUT2D eigenvalue weighted by molar-refractivity contribution is 0.0640. The molecular formula is C18H23N5O4. The van der Waals surface area contributed by atoms with E-state index in [0.717, 1.165) is 19.4 Å². The highest BCUT2D eigenvalue weighted by molar-refractivity contribution is 5.92. The fourth-order valence-electron chi connectivity index (χ4n) is 3.40. The highest BCUT2D eigenvalue weighted by atomic mass is 16.5. The van der Waals surface area contributed by atoms with E-state index < -0.39 is 0 Å². The summed E-state index contributed by atoms with van der Waals surface area (Å²) in [6, 6.07) is 3.16. The van der Waals surface area contributed by atoms with E-state index in [0.29, 0.717) is 44.2 Å². The molecule has 2 aliphatic heterocycles. The van der Waals surface area contributed by atoms with Gasteiger partial charge in [-0.2, -0.15) is 5.10 Å². The first-order valence-corrected chi connectivity index (χ1v) is 9.22. The Bertz CT molecular complexity index is 774. The van der Waals surface area contributed by atoms with Crippen LogP contribution >= 0.6 is 0 Å². The molecule has 9 nitrogen and oxygen atoms in total. The largest absolute Gasteiger partial charge is 0.459 e. The molecule has 0 aliphatic carbocycles. The fourth-order valence-corrected chi connectivity index (χ4v) is 3.40. The number of rotatable bonds is 4. The molecule has 27 heavy (non-hydrogen) atoms. The van der Waals surface area contributed by atoms with Gasteiger partial charge in [0, 0.05) is 39.0 Å². The Morgan fingerprint density at radius 1 is 1.22 bits per heavy atom. The zero-order valence-corrected chi connectivity index (χ0v) is 15.0. The molecule has 144 valence electrons. The van der Waals surface area contributed by atoms with E-state index in [1.54, 1.807) is 32.8 Å². The lowest BCUT2D eigenvalue weighted by atomic mass is 10.2. The Hall–Kier alpha value is -2.81. The number of amides is 3. The summed E-state index contributed by atoms with van der Waals surface area (Å²) in [5.74, 6) is 0.182. The molecule has 2 aliphatic rings. The molecule has 0 aromatic carbocycles. The van der Waals surface area contributed by atoms with Crippen molar-refractivity contribution >= 4 is 17.6 Å². The van der Waals surface area contributed by atoms with Crippen LogP contribution in [0.3, 0.4) is 0 Å². The van der Waals surface area contributed by atoms with Crippen LogP contribution in [-0.2, 0) is 11.3 Å². The molecule has 4 rings (SSSR count). The maximum atomic E-state index is 12.5. The molecule has 0 bridgehead atoms. The zero-order valence-electron chi connectivity index (χ0n) is 15.0. The minimum absolute atomic E-state index is 0.143. The molecule has 9 heteroatoms. The summed E-state index contributed by atoms with van der Waals surface area (Å²) in [7, 11) is 0. The van der Waals surface area contributed by atoms with E-state index in [1.807, 2.05) is 6.20 Å². The van der Waals surface area contributed by atoms with Gasteiger partial charge in [-0.05, 0) is 25.0 Å². The van der Waals surface area contributed by atoms with Gasteiger partial charge in [0.05, 0.1) is 30.8 Å². The molecule has 3 amide bonds. The molecule has 1 N–H and O–H groups in total. The number of hydrogen-bond acceptors (Lipinski definition) is 5. The Morgan fingerprint density at radius 2 is 2.04 bits per heavy atom. The van der Waals surface area contributed by atoms with E-state index in [4.69, 9.17) is 9.15 Å². The number of aromatic nitrogens is 2. The van der Waals surface area contributed by atoms with Crippen LogP contribution in [0.1, 0.15) is 23.4 Å². The predicted molar refractivity (Wildman–Crippen MR) is 96.4 cm³/mol. The van der Waals surface area contributed by atoms with Gasteiger partial charge in [0.1, 0.15) is 0 Å². The number of urea groups is 1. The van der Waals surface area contributed by atoms with Gasteiger partial charge in [-0.1, -0.05) is 0 Å². The third kappa shape index (κ3) is 4.13. The minimum Gasteiger partial charge on any atom is -0.459 e. The van der Waals surface area contributed by atoms with Crippen LogP contribution in [0, 0.1) is 0 Å². The number of hydrogen-bond donors (Lipinski definition) is 1. The first-order valence-electron chi connectivity index (χ1n) is 9.22. The van der Waals surface area contributed by atoms with Crippen molar-refractivity contribution in [1.29, 1.82) is 0 Å². The van der Waals surface area contributed by atoms with Gasteiger partial charge in [0.25, 0.3) is 5.91 Å². The van der Waals surface area contributed by atoms with Gasteiger partial charge >= 0.3 is 6.03 Å². The van der Waals surface area contributed by atoms with Crippen molar-refractivity contribution in [3.05, 3.63) is 36.5 Å². The number of carbonyl (C=O) groups excluding carboxylic acids is 2. The van der Waals surface area contributed by atoms with Gasteiger partial charge in [0.2, 0.25) is 0 Å². The Balaban J connectivity index is 1.26. The van der Waals surface area contributed by atoms with Crippen LogP contribution in [-0.4, -0.2) is 70.4 Å². The molecule has 2 fully saturated rings.